The maximum atomic E-state index is 14.3. The van der Waals surface area contributed by atoms with Gasteiger partial charge in [0.05, 0.1) is 46.2 Å². The Kier molecular flexibility index (Phi) is 11.0. The standard InChI is InChI=1S/C32H26BrClI2N2O6S/c1-5-43-31(40)27-16(2)37-32-38(28(27)21-13-24(41-3)25(42-4)14-22(21)33)30(39)26(45-32)11-18-10-20(35)12-23(36)29(18)44-15-17-6-8-19(34)9-7-17/h6-14,28H,5,15H2,1-4H3/b26-11-/t28-/m1/s1. The molecule has 13 heteroatoms. The van der Waals surface area contributed by atoms with Gasteiger partial charge in [0.25, 0.3) is 5.56 Å². The molecule has 1 aliphatic rings. The van der Waals surface area contributed by atoms with Crippen LogP contribution in [0, 0.1) is 7.14 Å². The maximum absolute atomic E-state index is 14.3. The Morgan fingerprint density at radius 1 is 1.11 bits per heavy atom. The molecule has 3 aromatic carbocycles. The van der Waals surface area contributed by atoms with Crippen LogP contribution in [0.3, 0.4) is 0 Å². The van der Waals surface area contributed by atoms with Crippen LogP contribution in [0.1, 0.15) is 36.6 Å². The molecule has 5 rings (SSSR count). The minimum Gasteiger partial charge on any atom is -0.493 e. The Bertz CT molecular complexity index is 2010. The molecule has 4 aromatic rings. The number of rotatable bonds is 9. The number of fused-ring (bicyclic) bond motifs is 1. The lowest BCUT2D eigenvalue weighted by atomic mass is 9.95. The number of allylic oxidation sites excluding steroid dienone is 1. The number of benzene rings is 3. The fraction of sp³-hybridized carbons (Fsp3) is 0.219. The highest BCUT2D eigenvalue weighted by atomic mass is 127. The zero-order chi connectivity index (χ0) is 32.4. The highest BCUT2D eigenvalue weighted by molar-refractivity contribution is 14.1. The van der Waals surface area contributed by atoms with Crippen molar-refractivity contribution in [2.45, 2.75) is 26.5 Å². The first-order valence-electron chi connectivity index (χ1n) is 13.5. The molecule has 0 aliphatic carbocycles. The van der Waals surface area contributed by atoms with Gasteiger partial charge in [-0.15, -0.1) is 0 Å². The fourth-order valence-corrected chi connectivity index (χ4v) is 8.63. The molecular formula is C32H26BrClI2N2O6S. The SMILES string of the molecule is CCOC(=O)C1=C(C)N=c2s/c(=C\c3cc(I)cc(I)c3OCc3ccc(Cl)cc3)c(=O)n2[C@@H]1c1cc(OC)c(OC)cc1Br. The zero-order valence-electron chi connectivity index (χ0n) is 24.5. The number of methoxy groups -OCH3 is 2. The lowest BCUT2D eigenvalue weighted by molar-refractivity contribution is -0.139. The van der Waals surface area contributed by atoms with E-state index < -0.39 is 12.0 Å². The minimum absolute atomic E-state index is 0.171. The number of halogens is 4. The summed E-state index contributed by atoms with van der Waals surface area (Å²) in [4.78, 5) is 32.8. The normalized spacial score (nSPS) is 14.6. The van der Waals surface area contributed by atoms with Crippen molar-refractivity contribution in [3.63, 3.8) is 0 Å². The first kappa shape index (κ1) is 33.9. The molecule has 2 heterocycles. The molecule has 0 bridgehead atoms. The van der Waals surface area contributed by atoms with Crippen LogP contribution in [-0.4, -0.2) is 31.4 Å². The largest absolute Gasteiger partial charge is 0.493 e. The molecule has 1 aromatic heterocycles. The average molecular weight is 936 g/mol. The third-order valence-electron chi connectivity index (χ3n) is 6.93. The first-order valence-corrected chi connectivity index (χ1v) is 17.7. The Hall–Kier alpha value is -2.40. The van der Waals surface area contributed by atoms with Gasteiger partial charge in [-0.25, -0.2) is 9.79 Å². The average Bonchev–Trinajstić information content (AvgIpc) is 3.30. The summed E-state index contributed by atoms with van der Waals surface area (Å²) in [5.74, 6) is 1.05. The second-order valence-corrected chi connectivity index (χ2v) is 14.5. The van der Waals surface area contributed by atoms with Gasteiger partial charge in [-0.3, -0.25) is 9.36 Å². The van der Waals surface area contributed by atoms with Gasteiger partial charge >= 0.3 is 5.97 Å². The van der Waals surface area contributed by atoms with E-state index in [2.05, 4.69) is 61.1 Å². The van der Waals surface area contributed by atoms with Crippen LogP contribution < -0.4 is 29.1 Å². The fourth-order valence-electron chi connectivity index (χ4n) is 4.88. The topological polar surface area (TPSA) is 88.4 Å². The van der Waals surface area contributed by atoms with Crippen LogP contribution in [-0.2, 0) is 16.1 Å². The molecule has 0 spiro atoms. The molecule has 1 aliphatic heterocycles. The highest BCUT2D eigenvalue weighted by Crippen LogP contribution is 2.41. The van der Waals surface area contributed by atoms with Crippen LogP contribution in [0.4, 0.5) is 0 Å². The van der Waals surface area contributed by atoms with Gasteiger partial charge in [0.2, 0.25) is 0 Å². The number of nitrogens with zero attached hydrogens (tertiary/aromatic N) is 2. The van der Waals surface area contributed by atoms with E-state index in [0.29, 0.717) is 53.9 Å². The van der Waals surface area contributed by atoms with Crippen molar-refractivity contribution in [1.29, 1.82) is 0 Å². The van der Waals surface area contributed by atoms with Crippen molar-refractivity contribution in [1.82, 2.24) is 4.57 Å². The van der Waals surface area contributed by atoms with E-state index in [0.717, 1.165) is 18.3 Å². The van der Waals surface area contributed by atoms with E-state index in [1.54, 1.807) is 33.1 Å². The molecule has 0 saturated carbocycles. The van der Waals surface area contributed by atoms with Gasteiger partial charge < -0.3 is 18.9 Å². The number of esters is 1. The third-order valence-corrected chi connectivity index (χ3v) is 10.3. The van der Waals surface area contributed by atoms with Crippen molar-refractivity contribution in [2.75, 3.05) is 20.8 Å². The number of hydrogen-bond acceptors (Lipinski definition) is 8. The lowest BCUT2D eigenvalue weighted by Gasteiger charge is -2.26. The molecule has 0 amide bonds. The van der Waals surface area contributed by atoms with Crippen LogP contribution in [0.25, 0.3) is 6.08 Å². The lowest BCUT2D eigenvalue weighted by Crippen LogP contribution is -2.40. The Labute approximate surface area is 304 Å². The summed E-state index contributed by atoms with van der Waals surface area (Å²) in [6, 6.07) is 14.1. The number of thiazole rings is 1. The van der Waals surface area contributed by atoms with Crippen LogP contribution in [0.5, 0.6) is 17.2 Å². The van der Waals surface area contributed by atoms with Gasteiger partial charge in [0.1, 0.15) is 12.4 Å². The van der Waals surface area contributed by atoms with Gasteiger partial charge in [0, 0.05) is 18.6 Å². The monoisotopic (exact) mass is 934 g/mol. The van der Waals surface area contributed by atoms with Crippen molar-refractivity contribution in [3.8, 4) is 17.2 Å². The van der Waals surface area contributed by atoms with Crippen molar-refractivity contribution in [2.24, 2.45) is 4.99 Å². The number of carbonyl (C=O) groups excluding carboxylic acids is 1. The van der Waals surface area contributed by atoms with E-state index >= 15 is 0 Å². The van der Waals surface area contributed by atoms with Gasteiger partial charge in [-0.05, 0) is 113 Å². The molecule has 45 heavy (non-hydrogen) atoms. The van der Waals surface area contributed by atoms with E-state index in [1.807, 2.05) is 42.5 Å². The smallest absolute Gasteiger partial charge is 0.338 e. The van der Waals surface area contributed by atoms with E-state index in [-0.39, 0.29) is 17.7 Å². The second kappa shape index (κ2) is 14.6. The minimum atomic E-state index is -0.840. The van der Waals surface area contributed by atoms with Crippen molar-refractivity contribution >= 4 is 96.1 Å². The first-order chi connectivity index (χ1) is 21.6. The number of hydrogen-bond donors (Lipinski definition) is 0. The van der Waals surface area contributed by atoms with Gasteiger partial charge in [-0.2, -0.15) is 0 Å². The van der Waals surface area contributed by atoms with E-state index in [1.165, 1.54) is 23.0 Å². The number of ether oxygens (including phenoxy) is 4. The molecule has 0 unspecified atom stereocenters. The maximum Gasteiger partial charge on any atom is 0.338 e. The molecule has 0 saturated heterocycles. The van der Waals surface area contributed by atoms with Crippen LogP contribution >= 0.6 is 84.0 Å². The highest BCUT2D eigenvalue weighted by Gasteiger charge is 2.35. The third kappa shape index (κ3) is 7.14. The zero-order valence-corrected chi connectivity index (χ0v) is 31.9. The molecule has 1 atom stereocenters. The summed E-state index contributed by atoms with van der Waals surface area (Å²) in [5.41, 5.74) is 2.74. The molecule has 234 valence electrons. The van der Waals surface area contributed by atoms with Gasteiger partial charge in [-0.1, -0.05) is 51.0 Å². The summed E-state index contributed by atoms with van der Waals surface area (Å²) in [7, 11) is 3.07. The summed E-state index contributed by atoms with van der Waals surface area (Å²) < 4.78 is 27.3. The molecule has 8 nitrogen and oxygen atoms in total. The summed E-state index contributed by atoms with van der Waals surface area (Å²) in [6.45, 7) is 3.98. The summed E-state index contributed by atoms with van der Waals surface area (Å²) in [5, 5.41) is 0.651. The van der Waals surface area contributed by atoms with Crippen LogP contribution in [0.2, 0.25) is 5.02 Å². The van der Waals surface area contributed by atoms with E-state index in [4.69, 9.17) is 35.5 Å². The van der Waals surface area contributed by atoms with Gasteiger partial charge in [0.15, 0.2) is 16.3 Å². The van der Waals surface area contributed by atoms with E-state index in [9.17, 15) is 9.59 Å². The number of carbonyl (C=O) groups is 1. The van der Waals surface area contributed by atoms with Crippen molar-refractivity contribution in [3.05, 3.63) is 113 Å². The second-order valence-electron chi connectivity index (χ2n) is 9.75. The molecular weight excluding hydrogens is 910 g/mol. The summed E-state index contributed by atoms with van der Waals surface area (Å²) >= 11 is 15.4. The van der Waals surface area contributed by atoms with Crippen LogP contribution in [0.15, 0.2) is 74.1 Å². The number of aromatic nitrogens is 1. The predicted molar refractivity (Wildman–Crippen MR) is 195 cm³/mol. The van der Waals surface area contributed by atoms with Crippen molar-refractivity contribution < 1.29 is 23.7 Å². The summed E-state index contributed by atoms with van der Waals surface area (Å²) in [6.07, 6.45) is 1.81. The Morgan fingerprint density at radius 2 is 1.80 bits per heavy atom. The quantitative estimate of drug-likeness (QED) is 0.133. The Morgan fingerprint density at radius 3 is 2.47 bits per heavy atom. The molecule has 0 N–H and O–H groups in total. The Balaban J connectivity index is 1.69. The molecule has 0 radical (unpaired) electrons. The predicted octanol–water partition coefficient (Wildman–Crippen LogP) is 7.02. The molecule has 0 fully saturated rings.